The highest BCUT2D eigenvalue weighted by atomic mass is 16.1. The Bertz CT molecular complexity index is 215. The lowest BCUT2D eigenvalue weighted by Gasteiger charge is -2.30. The Morgan fingerprint density at radius 2 is 1.93 bits per heavy atom. The van der Waals surface area contributed by atoms with Crippen LogP contribution in [0.5, 0.6) is 0 Å². The molecule has 2 atom stereocenters. The van der Waals surface area contributed by atoms with Crippen molar-refractivity contribution >= 4 is 5.78 Å². The number of hydrogen-bond donors (Lipinski definition) is 1. The molecule has 1 aliphatic rings. The molecule has 0 aliphatic heterocycles. The molecule has 15 heavy (non-hydrogen) atoms. The van der Waals surface area contributed by atoms with Gasteiger partial charge >= 0.3 is 0 Å². The van der Waals surface area contributed by atoms with Crippen LogP contribution >= 0.6 is 0 Å². The molecule has 0 amide bonds. The van der Waals surface area contributed by atoms with E-state index in [0.29, 0.717) is 30.1 Å². The molecule has 0 aromatic heterocycles. The van der Waals surface area contributed by atoms with Gasteiger partial charge in [-0.05, 0) is 31.1 Å². The smallest absolute Gasteiger partial charge is 0.149 e. The number of nitrogens with one attached hydrogen (secondary N) is 1. The fraction of sp³-hybridized carbons (Fsp3) is 0.769. The summed E-state index contributed by atoms with van der Waals surface area (Å²) in [7, 11) is 0. The molecule has 2 unspecified atom stereocenters. The molecule has 0 spiro atoms. The third-order valence-electron chi connectivity index (χ3n) is 3.22. The van der Waals surface area contributed by atoms with Crippen molar-refractivity contribution in [3.8, 4) is 0 Å². The van der Waals surface area contributed by atoms with Gasteiger partial charge in [-0.3, -0.25) is 4.79 Å². The van der Waals surface area contributed by atoms with Crippen LogP contribution in [0.2, 0.25) is 0 Å². The number of ketones is 1. The molecule has 0 bridgehead atoms. The van der Waals surface area contributed by atoms with E-state index >= 15 is 0 Å². The number of carbonyl (C=O) groups excluding carboxylic acids is 1. The maximum Gasteiger partial charge on any atom is 0.149 e. The van der Waals surface area contributed by atoms with Crippen molar-refractivity contribution in [2.24, 2.45) is 17.8 Å². The summed E-state index contributed by atoms with van der Waals surface area (Å²) in [6, 6.07) is 0. The van der Waals surface area contributed by atoms with Gasteiger partial charge in [0.25, 0.3) is 0 Å². The van der Waals surface area contributed by atoms with Crippen LogP contribution in [0, 0.1) is 17.8 Å². The van der Waals surface area contributed by atoms with E-state index < -0.39 is 0 Å². The second-order valence-electron chi connectivity index (χ2n) is 5.00. The molecule has 0 saturated heterocycles. The Kier molecular flexibility index (Phi) is 5.03. The van der Waals surface area contributed by atoms with Crippen LogP contribution < -0.4 is 5.32 Å². The third-order valence-corrected chi connectivity index (χ3v) is 3.22. The second-order valence-corrected chi connectivity index (χ2v) is 5.00. The van der Waals surface area contributed by atoms with Crippen molar-refractivity contribution in [1.29, 1.82) is 0 Å². The highest BCUT2D eigenvalue weighted by Crippen LogP contribution is 2.33. The quantitative estimate of drug-likeness (QED) is 0.556. The van der Waals surface area contributed by atoms with Crippen LogP contribution in [0.15, 0.2) is 12.7 Å². The fourth-order valence-electron chi connectivity index (χ4n) is 2.65. The lowest BCUT2D eigenvalue weighted by molar-refractivity contribution is -0.123. The van der Waals surface area contributed by atoms with Crippen LogP contribution in [0.1, 0.15) is 33.1 Å². The molecule has 0 aromatic carbocycles. The van der Waals surface area contributed by atoms with E-state index in [9.17, 15) is 4.79 Å². The Balaban J connectivity index is 2.34. The lowest BCUT2D eigenvalue weighted by atomic mass is 9.75. The Morgan fingerprint density at radius 3 is 2.47 bits per heavy atom. The first-order valence-corrected chi connectivity index (χ1v) is 5.97. The maximum atomic E-state index is 11.9. The molecule has 0 aromatic rings. The maximum absolute atomic E-state index is 11.9. The topological polar surface area (TPSA) is 29.1 Å². The van der Waals surface area contributed by atoms with Crippen molar-refractivity contribution in [2.45, 2.75) is 33.1 Å². The van der Waals surface area contributed by atoms with E-state index in [-0.39, 0.29) is 0 Å². The average Bonchev–Trinajstić information content (AvgIpc) is 2.16. The standard InChI is InChI=1S/C13H23NO/c1-4-5-14-9-13(15)12-7-10(2)6-11(3)8-12/h4,10-12,14H,1,5-9H2,2-3H3. The van der Waals surface area contributed by atoms with Crippen LogP contribution in [0.3, 0.4) is 0 Å². The Labute approximate surface area is 93.1 Å². The molecule has 1 saturated carbocycles. The lowest BCUT2D eigenvalue weighted by Crippen LogP contribution is -2.33. The minimum absolute atomic E-state index is 0.293. The van der Waals surface area contributed by atoms with Crippen LogP contribution in [-0.4, -0.2) is 18.9 Å². The predicted octanol–water partition coefficient (Wildman–Crippen LogP) is 2.40. The fourth-order valence-corrected chi connectivity index (χ4v) is 2.65. The van der Waals surface area contributed by atoms with Crippen molar-refractivity contribution in [3.05, 3.63) is 12.7 Å². The predicted molar refractivity (Wildman–Crippen MR) is 63.7 cm³/mol. The van der Waals surface area contributed by atoms with Gasteiger partial charge in [-0.15, -0.1) is 6.58 Å². The monoisotopic (exact) mass is 209 g/mol. The van der Waals surface area contributed by atoms with E-state index in [4.69, 9.17) is 0 Å². The molecule has 1 aliphatic carbocycles. The zero-order valence-corrected chi connectivity index (χ0v) is 9.96. The highest BCUT2D eigenvalue weighted by molar-refractivity contribution is 5.83. The summed E-state index contributed by atoms with van der Waals surface area (Å²) < 4.78 is 0. The summed E-state index contributed by atoms with van der Waals surface area (Å²) >= 11 is 0. The second kappa shape index (κ2) is 6.06. The highest BCUT2D eigenvalue weighted by Gasteiger charge is 2.28. The molecular weight excluding hydrogens is 186 g/mol. The van der Waals surface area contributed by atoms with Crippen LogP contribution in [-0.2, 0) is 4.79 Å². The molecule has 0 radical (unpaired) electrons. The van der Waals surface area contributed by atoms with E-state index in [1.54, 1.807) is 6.08 Å². The zero-order chi connectivity index (χ0) is 11.3. The molecule has 1 N–H and O–H groups in total. The zero-order valence-electron chi connectivity index (χ0n) is 9.96. The number of rotatable bonds is 5. The number of hydrogen-bond acceptors (Lipinski definition) is 2. The normalized spacial score (nSPS) is 31.2. The van der Waals surface area contributed by atoms with Crippen molar-refractivity contribution in [1.82, 2.24) is 5.32 Å². The Hall–Kier alpha value is -0.630. The molecule has 1 fully saturated rings. The number of Topliss-reactive ketones (excluding diaryl/α,β-unsaturated/α-hetero) is 1. The number of carbonyl (C=O) groups is 1. The van der Waals surface area contributed by atoms with E-state index in [1.807, 2.05) is 0 Å². The van der Waals surface area contributed by atoms with E-state index in [1.165, 1.54) is 6.42 Å². The molecule has 2 heteroatoms. The first kappa shape index (κ1) is 12.4. The van der Waals surface area contributed by atoms with Crippen molar-refractivity contribution < 1.29 is 4.79 Å². The average molecular weight is 209 g/mol. The van der Waals surface area contributed by atoms with Gasteiger partial charge in [0.2, 0.25) is 0 Å². The largest absolute Gasteiger partial charge is 0.307 e. The first-order valence-electron chi connectivity index (χ1n) is 5.97. The van der Waals surface area contributed by atoms with Gasteiger partial charge in [0, 0.05) is 12.5 Å². The minimum atomic E-state index is 0.293. The SMILES string of the molecule is C=CCNCC(=O)C1CC(C)CC(C)C1. The van der Waals surface area contributed by atoms with Gasteiger partial charge in [-0.2, -0.15) is 0 Å². The van der Waals surface area contributed by atoms with Crippen molar-refractivity contribution in [3.63, 3.8) is 0 Å². The molecule has 86 valence electrons. The first-order chi connectivity index (χ1) is 7.13. The van der Waals surface area contributed by atoms with Gasteiger partial charge in [0.1, 0.15) is 5.78 Å². The molecule has 2 nitrogen and oxygen atoms in total. The van der Waals surface area contributed by atoms with E-state index in [2.05, 4.69) is 25.7 Å². The van der Waals surface area contributed by atoms with E-state index in [0.717, 1.165) is 19.4 Å². The summed E-state index contributed by atoms with van der Waals surface area (Å²) in [4.78, 5) is 11.9. The Morgan fingerprint density at radius 1 is 1.33 bits per heavy atom. The van der Waals surface area contributed by atoms with Gasteiger partial charge in [0.05, 0.1) is 6.54 Å². The molecule has 0 heterocycles. The molecular formula is C13H23NO. The van der Waals surface area contributed by atoms with Crippen molar-refractivity contribution in [2.75, 3.05) is 13.1 Å². The summed E-state index contributed by atoms with van der Waals surface area (Å²) in [5.74, 6) is 2.10. The minimum Gasteiger partial charge on any atom is -0.307 e. The van der Waals surface area contributed by atoms with Gasteiger partial charge in [-0.25, -0.2) is 0 Å². The van der Waals surface area contributed by atoms with Crippen LogP contribution in [0.25, 0.3) is 0 Å². The summed E-state index contributed by atoms with van der Waals surface area (Å²) in [6.07, 6.45) is 5.24. The summed E-state index contributed by atoms with van der Waals surface area (Å²) in [5, 5.41) is 3.09. The van der Waals surface area contributed by atoms with Gasteiger partial charge in [-0.1, -0.05) is 19.9 Å². The van der Waals surface area contributed by atoms with Gasteiger partial charge < -0.3 is 5.32 Å². The third kappa shape index (κ3) is 4.17. The van der Waals surface area contributed by atoms with Gasteiger partial charge in [0.15, 0.2) is 0 Å². The summed E-state index contributed by atoms with van der Waals surface area (Å²) in [6.45, 7) is 9.37. The summed E-state index contributed by atoms with van der Waals surface area (Å²) in [5.41, 5.74) is 0. The van der Waals surface area contributed by atoms with Crippen LogP contribution in [0.4, 0.5) is 0 Å². The molecule has 1 rings (SSSR count).